The second-order valence-corrected chi connectivity index (χ2v) is 6.93. The highest BCUT2D eigenvalue weighted by molar-refractivity contribution is 6.08. The molecule has 0 radical (unpaired) electrons. The van der Waals surface area contributed by atoms with Crippen LogP contribution in [-0.2, 0) is 9.53 Å². The van der Waals surface area contributed by atoms with Gasteiger partial charge in [-0.15, -0.1) is 0 Å². The molecule has 0 atom stereocenters. The summed E-state index contributed by atoms with van der Waals surface area (Å²) in [6, 6.07) is 22.4. The second-order valence-electron chi connectivity index (χ2n) is 6.93. The van der Waals surface area contributed by atoms with Gasteiger partial charge < -0.3 is 20.3 Å². The summed E-state index contributed by atoms with van der Waals surface area (Å²) in [6.45, 7) is -0.449. The lowest BCUT2D eigenvalue weighted by Crippen LogP contribution is -2.22. The minimum atomic E-state index is -0.706. The molecule has 0 aromatic heterocycles. The Hall–Kier alpha value is -4.13. The van der Waals surface area contributed by atoms with E-state index in [0.29, 0.717) is 16.9 Å². The smallest absolute Gasteiger partial charge is 0.340 e. The Bertz CT molecular complexity index is 1060. The standard InChI is InChI=1S/C24H23N3O4/c1-27(2)19-14-12-18(13-15-19)25-22(28)16-31-24(30)20-10-6-7-11-21(20)26-23(29)17-8-4-3-5-9-17/h3-15H,16H2,1-2H3,(H,25,28)(H,26,29). The summed E-state index contributed by atoms with van der Waals surface area (Å²) in [5, 5.41) is 5.38. The predicted octanol–water partition coefficient (Wildman–Crippen LogP) is 3.80. The first kappa shape index (κ1) is 21.6. The number of anilines is 3. The minimum absolute atomic E-state index is 0.162. The number of ether oxygens (including phenoxy) is 1. The monoisotopic (exact) mass is 417 g/mol. The van der Waals surface area contributed by atoms with Gasteiger partial charge in [0.25, 0.3) is 11.8 Å². The zero-order chi connectivity index (χ0) is 22.2. The van der Waals surface area contributed by atoms with Gasteiger partial charge in [-0.25, -0.2) is 4.79 Å². The number of hydrogen-bond donors (Lipinski definition) is 2. The summed E-state index contributed by atoms with van der Waals surface area (Å²) in [6.07, 6.45) is 0. The third kappa shape index (κ3) is 5.93. The van der Waals surface area contributed by atoms with Gasteiger partial charge in [-0.1, -0.05) is 30.3 Å². The van der Waals surface area contributed by atoms with Crippen molar-refractivity contribution < 1.29 is 19.1 Å². The Labute approximate surface area is 180 Å². The molecule has 2 amide bonds. The number of benzene rings is 3. The topological polar surface area (TPSA) is 87.7 Å². The van der Waals surface area contributed by atoms with E-state index >= 15 is 0 Å². The van der Waals surface area contributed by atoms with Crippen LogP contribution in [0, 0.1) is 0 Å². The summed E-state index contributed by atoms with van der Waals surface area (Å²) >= 11 is 0. The van der Waals surface area contributed by atoms with Crippen molar-refractivity contribution >= 4 is 34.8 Å². The molecule has 7 nitrogen and oxygen atoms in total. The highest BCUT2D eigenvalue weighted by Crippen LogP contribution is 2.18. The average molecular weight is 417 g/mol. The van der Waals surface area contributed by atoms with Crippen molar-refractivity contribution in [1.29, 1.82) is 0 Å². The molecule has 3 rings (SSSR count). The Morgan fingerprint density at radius 1 is 0.806 bits per heavy atom. The Morgan fingerprint density at radius 2 is 1.45 bits per heavy atom. The third-order valence-electron chi connectivity index (χ3n) is 4.43. The zero-order valence-electron chi connectivity index (χ0n) is 17.3. The number of carbonyl (C=O) groups is 3. The molecule has 0 aliphatic heterocycles. The second kappa shape index (κ2) is 10.1. The molecule has 0 saturated carbocycles. The molecule has 0 bridgehead atoms. The molecular weight excluding hydrogens is 394 g/mol. The first-order valence-corrected chi connectivity index (χ1v) is 9.64. The highest BCUT2D eigenvalue weighted by atomic mass is 16.5. The number of nitrogens with zero attached hydrogens (tertiary/aromatic N) is 1. The first-order chi connectivity index (χ1) is 14.9. The van der Waals surface area contributed by atoms with Gasteiger partial charge in [0.2, 0.25) is 0 Å². The van der Waals surface area contributed by atoms with Crippen LogP contribution in [0.1, 0.15) is 20.7 Å². The molecular formula is C24H23N3O4. The Morgan fingerprint density at radius 3 is 2.13 bits per heavy atom. The van der Waals surface area contributed by atoms with Crippen molar-refractivity contribution in [2.75, 3.05) is 36.2 Å². The molecule has 3 aromatic carbocycles. The van der Waals surface area contributed by atoms with Crippen molar-refractivity contribution in [2.24, 2.45) is 0 Å². The summed E-state index contributed by atoms with van der Waals surface area (Å²) in [5.74, 6) is -1.52. The minimum Gasteiger partial charge on any atom is -0.452 e. The first-order valence-electron chi connectivity index (χ1n) is 9.64. The third-order valence-corrected chi connectivity index (χ3v) is 4.43. The van der Waals surface area contributed by atoms with Gasteiger partial charge in [-0.05, 0) is 48.5 Å². The van der Waals surface area contributed by atoms with Gasteiger partial charge in [-0.3, -0.25) is 9.59 Å². The summed E-state index contributed by atoms with van der Waals surface area (Å²) in [5.41, 5.74) is 2.53. The number of para-hydroxylation sites is 1. The van der Waals surface area contributed by atoms with E-state index in [2.05, 4.69) is 10.6 Å². The van der Waals surface area contributed by atoms with Crippen LogP contribution >= 0.6 is 0 Å². The van der Waals surface area contributed by atoms with Crippen molar-refractivity contribution in [1.82, 2.24) is 0 Å². The number of hydrogen-bond acceptors (Lipinski definition) is 5. The molecule has 0 spiro atoms. The summed E-state index contributed by atoms with van der Waals surface area (Å²) in [7, 11) is 3.85. The molecule has 0 heterocycles. The molecule has 3 aromatic rings. The predicted molar refractivity (Wildman–Crippen MR) is 121 cm³/mol. The van der Waals surface area contributed by atoms with Crippen LogP contribution in [0.4, 0.5) is 17.1 Å². The van der Waals surface area contributed by atoms with Crippen LogP contribution < -0.4 is 15.5 Å². The van der Waals surface area contributed by atoms with E-state index in [1.54, 1.807) is 54.6 Å². The SMILES string of the molecule is CN(C)c1ccc(NC(=O)COC(=O)c2ccccc2NC(=O)c2ccccc2)cc1. The van der Waals surface area contributed by atoms with Gasteiger partial charge in [0.15, 0.2) is 6.61 Å². The molecule has 0 unspecified atom stereocenters. The molecule has 0 aliphatic carbocycles. The van der Waals surface area contributed by atoms with Crippen LogP contribution in [0.25, 0.3) is 0 Å². The molecule has 7 heteroatoms. The normalized spacial score (nSPS) is 10.1. The number of rotatable bonds is 7. The fourth-order valence-corrected chi connectivity index (χ4v) is 2.80. The molecule has 0 aliphatic rings. The molecule has 31 heavy (non-hydrogen) atoms. The van der Waals surface area contributed by atoms with Crippen molar-refractivity contribution in [3.05, 3.63) is 90.0 Å². The van der Waals surface area contributed by atoms with E-state index in [4.69, 9.17) is 4.74 Å². The fraction of sp³-hybridized carbons (Fsp3) is 0.125. The van der Waals surface area contributed by atoms with Gasteiger partial charge in [0.05, 0.1) is 11.3 Å². The van der Waals surface area contributed by atoms with Gasteiger partial charge in [0.1, 0.15) is 0 Å². The average Bonchev–Trinajstić information content (AvgIpc) is 2.78. The molecule has 2 N–H and O–H groups in total. The molecule has 158 valence electrons. The number of esters is 1. The summed E-state index contributed by atoms with van der Waals surface area (Å²) in [4.78, 5) is 39.0. The van der Waals surface area contributed by atoms with Crippen LogP contribution in [0.2, 0.25) is 0 Å². The van der Waals surface area contributed by atoms with E-state index in [-0.39, 0.29) is 11.5 Å². The van der Waals surface area contributed by atoms with Gasteiger partial charge >= 0.3 is 5.97 Å². The quantitative estimate of drug-likeness (QED) is 0.571. The van der Waals surface area contributed by atoms with E-state index < -0.39 is 18.5 Å². The Balaban J connectivity index is 1.59. The fourth-order valence-electron chi connectivity index (χ4n) is 2.80. The maximum atomic E-state index is 12.5. The Kier molecular flexibility index (Phi) is 7.01. The number of nitrogens with one attached hydrogen (secondary N) is 2. The molecule has 0 fully saturated rings. The largest absolute Gasteiger partial charge is 0.452 e. The van der Waals surface area contributed by atoms with Crippen LogP contribution in [0.3, 0.4) is 0 Å². The van der Waals surface area contributed by atoms with Crippen molar-refractivity contribution in [3.63, 3.8) is 0 Å². The van der Waals surface area contributed by atoms with Crippen LogP contribution in [0.15, 0.2) is 78.9 Å². The highest BCUT2D eigenvalue weighted by Gasteiger charge is 2.16. The maximum Gasteiger partial charge on any atom is 0.340 e. The van der Waals surface area contributed by atoms with E-state index in [9.17, 15) is 14.4 Å². The van der Waals surface area contributed by atoms with Crippen molar-refractivity contribution in [3.8, 4) is 0 Å². The summed E-state index contributed by atoms with van der Waals surface area (Å²) < 4.78 is 5.14. The van der Waals surface area contributed by atoms with Crippen LogP contribution in [-0.4, -0.2) is 38.5 Å². The van der Waals surface area contributed by atoms with E-state index in [1.165, 1.54) is 6.07 Å². The maximum absolute atomic E-state index is 12.5. The lowest BCUT2D eigenvalue weighted by molar-refractivity contribution is -0.119. The van der Waals surface area contributed by atoms with E-state index in [0.717, 1.165) is 5.69 Å². The molecule has 0 saturated heterocycles. The number of amides is 2. The lowest BCUT2D eigenvalue weighted by atomic mass is 10.1. The van der Waals surface area contributed by atoms with Crippen LogP contribution in [0.5, 0.6) is 0 Å². The zero-order valence-corrected chi connectivity index (χ0v) is 17.3. The van der Waals surface area contributed by atoms with Gasteiger partial charge in [0, 0.05) is 31.0 Å². The van der Waals surface area contributed by atoms with Gasteiger partial charge in [-0.2, -0.15) is 0 Å². The van der Waals surface area contributed by atoms with Crippen molar-refractivity contribution in [2.45, 2.75) is 0 Å². The lowest BCUT2D eigenvalue weighted by Gasteiger charge is -2.13. The van der Waals surface area contributed by atoms with E-state index in [1.807, 2.05) is 37.2 Å². The number of carbonyl (C=O) groups excluding carboxylic acids is 3.